The van der Waals surface area contributed by atoms with Gasteiger partial charge in [0.2, 0.25) is 5.78 Å². The van der Waals surface area contributed by atoms with Gasteiger partial charge in [-0.1, -0.05) is 48.0 Å². The largest absolute Gasteiger partial charge is 0.313 e. The van der Waals surface area contributed by atoms with E-state index >= 15 is 0 Å². The van der Waals surface area contributed by atoms with Gasteiger partial charge >= 0.3 is 0 Å². The highest BCUT2D eigenvalue weighted by Crippen LogP contribution is 2.22. The van der Waals surface area contributed by atoms with Gasteiger partial charge in [0.05, 0.1) is 16.6 Å². The fraction of sp³-hybridized carbons (Fsp3) is 0.536. The Kier molecular flexibility index (Phi) is 11.1. The van der Waals surface area contributed by atoms with Gasteiger partial charge in [-0.15, -0.1) is 11.3 Å². The van der Waals surface area contributed by atoms with E-state index in [1.54, 1.807) is 22.6 Å². The average Bonchev–Trinajstić information content (AvgIpc) is 3.40. The smallest absolute Gasteiger partial charge is 0.277 e. The van der Waals surface area contributed by atoms with Gasteiger partial charge in [0.1, 0.15) is 11.0 Å². The molecule has 192 valence electrons. The molecule has 0 unspecified atom stereocenters. The summed E-state index contributed by atoms with van der Waals surface area (Å²) in [5.74, 6) is 2.26. The number of fused-ring (bicyclic) bond motifs is 4. The Balaban J connectivity index is 0.000000249. The van der Waals surface area contributed by atoms with E-state index in [0.717, 1.165) is 29.2 Å². The third-order valence-electron chi connectivity index (χ3n) is 5.68. The van der Waals surface area contributed by atoms with Crippen molar-refractivity contribution in [2.24, 2.45) is 18.9 Å². The van der Waals surface area contributed by atoms with E-state index in [0.29, 0.717) is 21.6 Å². The Hall–Kier alpha value is -2.51. The van der Waals surface area contributed by atoms with Crippen molar-refractivity contribution in [3.8, 4) is 0 Å². The molecule has 0 N–H and O–H groups in total. The predicted octanol–water partition coefficient (Wildman–Crippen LogP) is 6.64. The second kappa shape index (κ2) is 13.5. The minimum Gasteiger partial charge on any atom is -0.313 e. The maximum absolute atomic E-state index is 12.6. The molecule has 3 heterocycles. The maximum Gasteiger partial charge on any atom is 0.277 e. The van der Waals surface area contributed by atoms with Crippen molar-refractivity contribution >= 4 is 44.7 Å². The number of thiophene rings is 1. The third kappa shape index (κ3) is 7.48. The van der Waals surface area contributed by atoms with E-state index in [1.807, 2.05) is 23.1 Å². The molecule has 4 aromatic rings. The van der Waals surface area contributed by atoms with Crippen LogP contribution in [0.4, 0.5) is 0 Å². The summed E-state index contributed by atoms with van der Waals surface area (Å²) in [6.07, 6.45) is 4.70. The number of nitrogens with zero attached hydrogens (tertiary/aromatic N) is 4. The summed E-state index contributed by atoms with van der Waals surface area (Å²) in [6.45, 7) is 15.9. The Labute approximate surface area is 213 Å². The number of aryl methyl sites for hydroxylation is 1. The van der Waals surface area contributed by atoms with Crippen LogP contribution in [0.5, 0.6) is 0 Å². The van der Waals surface area contributed by atoms with Crippen LogP contribution >= 0.6 is 11.3 Å². The van der Waals surface area contributed by atoms with Gasteiger partial charge in [0.25, 0.3) is 5.56 Å². The van der Waals surface area contributed by atoms with Crippen molar-refractivity contribution < 1.29 is 4.79 Å². The number of imidazole rings is 1. The Bertz CT molecular complexity index is 1270. The number of aldehydes is 1. The fourth-order valence-corrected chi connectivity index (χ4v) is 4.35. The summed E-state index contributed by atoms with van der Waals surface area (Å²) >= 11 is 1.39. The molecule has 35 heavy (non-hydrogen) atoms. The molecule has 0 aliphatic carbocycles. The van der Waals surface area contributed by atoms with E-state index in [1.165, 1.54) is 43.7 Å². The summed E-state index contributed by atoms with van der Waals surface area (Å²) in [6, 6.07) is 7.11. The van der Waals surface area contributed by atoms with Crippen LogP contribution in [0.3, 0.4) is 0 Å². The van der Waals surface area contributed by atoms with Crippen LogP contribution in [-0.4, -0.2) is 45.3 Å². The van der Waals surface area contributed by atoms with Gasteiger partial charge in [-0.25, -0.2) is 9.38 Å². The Morgan fingerprint density at radius 3 is 2.17 bits per heavy atom. The number of rotatable bonds is 7. The highest BCUT2D eigenvalue weighted by atomic mass is 32.1. The van der Waals surface area contributed by atoms with Crippen molar-refractivity contribution in [2.45, 2.75) is 60.8 Å². The van der Waals surface area contributed by atoms with Crippen molar-refractivity contribution in [1.82, 2.24) is 18.9 Å². The number of carbonyl (C=O) groups excluding carboxylic acids is 1. The normalized spacial score (nSPS) is 11.3. The molecule has 0 aliphatic rings. The SMILES string of the molecule is CC(C)CCN(C)CCC(C)C.CCC.Cn1c2cc(C=O)ccc2n2c(=O)c3sccc3nc12. The highest BCUT2D eigenvalue weighted by molar-refractivity contribution is 7.17. The molecule has 0 amide bonds. The molecule has 0 aliphatic heterocycles. The minimum absolute atomic E-state index is 0.0653. The molecule has 6 nitrogen and oxygen atoms in total. The molecule has 1 aromatic carbocycles. The van der Waals surface area contributed by atoms with Crippen molar-refractivity contribution in [3.05, 3.63) is 45.6 Å². The summed E-state index contributed by atoms with van der Waals surface area (Å²) in [5.41, 5.74) is 2.81. The lowest BCUT2D eigenvalue weighted by atomic mass is 10.1. The summed E-state index contributed by atoms with van der Waals surface area (Å²) in [7, 11) is 4.07. The van der Waals surface area contributed by atoms with Gasteiger partial charge in [0, 0.05) is 12.6 Å². The molecule has 0 spiro atoms. The molecule has 7 heteroatoms. The van der Waals surface area contributed by atoms with Crippen LogP contribution in [0, 0.1) is 11.8 Å². The lowest BCUT2D eigenvalue weighted by molar-refractivity contribution is 0.112. The second-order valence-corrected chi connectivity index (χ2v) is 10.9. The lowest BCUT2D eigenvalue weighted by Gasteiger charge is -2.18. The predicted molar refractivity (Wildman–Crippen MR) is 151 cm³/mol. The summed E-state index contributed by atoms with van der Waals surface area (Å²) in [4.78, 5) is 30.5. The Morgan fingerprint density at radius 2 is 1.63 bits per heavy atom. The first-order valence-electron chi connectivity index (χ1n) is 12.7. The second-order valence-electron chi connectivity index (χ2n) is 9.99. The van der Waals surface area contributed by atoms with Crippen LogP contribution in [0.2, 0.25) is 0 Å². The first-order chi connectivity index (χ1) is 16.6. The van der Waals surface area contributed by atoms with Crippen LogP contribution in [0.1, 0.15) is 71.2 Å². The monoisotopic (exact) mass is 498 g/mol. The van der Waals surface area contributed by atoms with E-state index in [9.17, 15) is 9.59 Å². The Morgan fingerprint density at radius 1 is 1.03 bits per heavy atom. The number of hydrogen-bond acceptors (Lipinski definition) is 5. The van der Waals surface area contributed by atoms with Crippen LogP contribution in [-0.2, 0) is 7.05 Å². The molecule has 0 atom stereocenters. The zero-order chi connectivity index (χ0) is 26.1. The van der Waals surface area contributed by atoms with E-state index in [-0.39, 0.29) is 5.56 Å². The average molecular weight is 499 g/mol. The number of hydrogen-bond donors (Lipinski definition) is 0. The van der Waals surface area contributed by atoms with Crippen molar-refractivity contribution in [2.75, 3.05) is 20.1 Å². The molecule has 0 saturated carbocycles. The van der Waals surface area contributed by atoms with Crippen LogP contribution in [0.25, 0.3) is 27.0 Å². The molecule has 0 saturated heterocycles. The lowest BCUT2D eigenvalue weighted by Crippen LogP contribution is -2.23. The van der Waals surface area contributed by atoms with Crippen molar-refractivity contribution in [3.63, 3.8) is 0 Å². The maximum atomic E-state index is 12.6. The molecular weight excluding hydrogens is 456 g/mol. The molecule has 3 aromatic heterocycles. The van der Waals surface area contributed by atoms with Crippen LogP contribution in [0.15, 0.2) is 34.4 Å². The van der Waals surface area contributed by atoms with Gasteiger partial charge in [-0.05, 0) is 74.5 Å². The standard InChI is InChI=1S/C14H9N3O2S.C11H25N.C3H8/c1-16-11-6-8(7-18)2-3-10(11)17-13(19)12-9(4-5-20-12)15-14(16)17;1-10(2)6-8-12(5)9-7-11(3)4;1-3-2/h2-7H,1H3;10-11H,6-9H2,1-5H3;3H2,1-2H3. The first-order valence-corrected chi connectivity index (χ1v) is 13.5. The minimum atomic E-state index is -0.0653. The third-order valence-corrected chi connectivity index (χ3v) is 6.57. The van der Waals surface area contributed by atoms with Gasteiger partial charge in [0.15, 0.2) is 0 Å². The highest BCUT2D eigenvalue weighted by Gasteiger charge is 2.14. The zero-order valence-electron chi connectivity index (χ0n) is 22.7. The molecule has 0 fully saturated rings. The zero-order valence-corrected chi connectivity index (χ0v) is 23.5. The van der Waals surface area contributed by atoms with E-state index in [4.69, 9.17) is 0 Å². The van der Waals surface area contributed by atoms with Crippen molar-refractivity contribution in [1.29, 1.82) is 0 Å². The fourth-order valence-electron chi connectivity index (χ4n) is 3.59. The number of carbonyl (C=O) groups is 1. The van der Waals surface area contributed by atoms with Crippen LogP contribution < -0.4 is 5.56 Å². The molecule has 4 rings (SSSR count). The van der Waals surface area contributed by atoms with E-state index < -0.39 is 0 Å². The first kappa shape index (κ1) is 28.7. The topological polar surface area (TPSA) is 59.6 Å². The molecule has 0 bridgehead atoms. The number of aromatic nitrogens is 3. The summed E-state index contributed by atoms with van der Waals surface area (Å²) in [5, 5.41) is 1.87. The van der Waals surface area contributed by atoms with Gasteiger partial charge < -0.3 is 9.47 Å². The molecule has 0 radical (unpaired) electrons. The number of benzene rings is 1. The molecular formula is C28H42N4O2S. The quantitative estimate of drug-likeness (QED) is 0.268. The van der Waals surface area contributed by atoms with Gasteiger partial charge in [-0.3, -0.25) is 9.59 Å². The summed E-state index contributed by atoms with van der Waals surface area (Å²) < 4.78 is 4.08. The van der Waals surface area contributed by atoms with E-state index in [2.05, 4.69) is 58.5 Å². The van der Waals surface area contributed by atoms with Gasteiger partial charge in [-0.2, -0.15) is 0 Å².